The second-order valence-electron chi connectivity index (χ2n) is 7.94. The minimum Gasteiger partial charge on any atom is -0.481 e. The van der Waals surface area contributed by atoms with Crippen LogP contribution in [0.15, 0.2) is 36.5 Å². The standard InChI is InChI=1S/C22H21ClF3N3O4S/c1-11(2)18(32)13-7-16(20(33)28-21-27-15(8-17(30)31)19(23)34-21)29(10-13)9-12-4-3-5-14(6-12)22(24,25)26/h3-7,10-11,18,32H,8-9H2,1-2H3,(H,30,31)(H,27,28,33). The van der Waals surface area contributed by atoms with Crippen molar-refractivity contribution in [1.29, 1.82) is 0 Å². The monoisotopic (exact) mass is 515 g/mol. The van der Waals surface area contributed by atoms with E-state index < -0.39 is 36.1 Å². The summed E-state index contributed by atoms with van der Waals surface area (Å²) in [6.45, 7) is 3.52. The van der Waals surface area contributed by atoms with E-state index in [4.69, 9.17) is 16.7 Å². The van der Waals surface area contributed by atoms with Gasteiger partial charge in [-0.15, -0.1) is 0 Å². The van der Waals surface area contributed by atoms with E-state index in [-0.39, 0.29) is 33.3 Å². The Morgan fingerprint density at radius 3 is 2.59 bits per heavy atom. The summed E-state index contributed by atoms with van der Waals surface area (Å²) in [5.74, 6) is -1.94. The number of carboxylic acid groups (broad SMARTS) is 1. The Labute approximate surface area is 201 Å². The van der Waals surface area contributed by atoms with Gasteiger partial charge in [0.1, 0.15) is 10.0 Å². The van der Waals surface area contributed by atoms with Crippen molar-refractivity contribution < 1.29 is 33.0 Å². The summed E-state index contributed by atoms with van der Waals surface area (Å²) < 4.78 is 40.9. The van der Waals surface area contributed by atoms with E-state index in [1.54, 1.807) is 13.8 Å². The number of nitrogens with one attached hydrogen (secondary N) is 1. The van der Waals surface area contributed by atoms with Crippen molar-refractivity contribution in [3.05, 3.63) is 68.9 Å². The molecule has 0 aliphatic heterocycles. The van der Waals surface area contributed by atoms with E-state index >= 15 is 0 Å². The molecule has 1 aromatic carbocycles. The number of alkyl halides is 3. The van der Waals surface area contributed by atoms with Crippen LogP contribution in [-0.2, 0) is 23.9 Å². The molecule has 3 rings (SSSR count). The van der Waals surface area contributed by atoms with E-state index in [1.807, 2.05) is 0 Å². The predicted molar refractivity (Wildman–Crippen MR) is 121 cm³/mol. The number of aliphatic hydroxyl groups is 1. The first kappa shape index (κ1) is 25.7. The van der Waals surface area contributed by atoms with Gasteiger partial charge in [0.2, 0.25) is 0 Å². The van der Waals surface area contributed by atoms with Gasteiger partial charge in [0.05, 0.1) is 23.8 Å². The highest BCUT2D eigenvalue weighted by atomic mass is 35.5. The van der Waals surface area contributed by atoms with Crippen LogP contribution < -0.4 is 5.32 Å². The number of carbonyl (C=O) groups excluding carboxylic acids is 1. The topological polar surface area (TPSA) is 104 Å². The first-order chi connectivity index (χ1) is 15.8. The second kappa shape index (κ2) is 10.2. The van der Waals surface area contributed by atoms with Gasteiger partial charge in [-0.2, -0.15) is 13.2 Å². The molecule has 0 aliphatic carbocycles. The average Bonchev–Trinajstić information content (AvgIpc) is 3.29. The average molecular weight is 516 g/mol. The fourth-order valence-corrected chi connectivity index (χ4v) is 4.28. The SMILES string of the molecule is CC(C)C(O)c1cc(C(=O)Nc2nc(CC(=O)O)c(Cl)s2)n(Cc2cccc(C(F)(F)F)c2)c1. The molecule has 7 nitrogen and oxygen atoms in total. The zero-order chi connectivity index (χ0) is 25.2. The van der Waals surface area contributed by atoms with Crippen LogP contribution in [0.25, 0.3) is 0 Å². The van der Waals surface area contributed by atoms with Crippen LogP contribution >= 0.6 is 22.9 Å². The Hall–Kier alpha value is -2.89. The number of carboxylic acids is 1. The molecule has 2 aromatic heterocycles. The third kappa shape index (κ3) is 6.16. The fourth-order valence-electron chi connectivity index (χ4n) is 3.24. The highest BCUT2D eigenvalue weighted by Gasteiger charge is 2.30. The molecular formula is C22H21ClF3N3O4S. The van der Waals surface area contributed by atoms with Gasteiger partial charge >= 0.3 is 12.1 Å². The number of amides is 1. The fraction of sp³-hybridized carbons (Fsp3) is 0.318. The number of aromatic nitrogens is 2. The number of aliphatic hydroxyl groups excluding tert-OH is 1. The molecule has 3 N–H and O–H groups in total. The normalized spacial score (nSPS) is 12.7. The van der Waals surface area contributed by atoms with Crippen LogP contribution in [-0.4, -0.2) is 31.6 Å². The molecule has 0 fully saturated rings. The quantitative estimate of drug-likeness (QED) is 0.381. The summed E-state index contributed by atoms with van der Waals surface area (Å²) in [7, 11) is 0. The van der Waals surface area contributed by atoms with Crippen molar-refractivity contribution in [3.63, 3.8) is 0 Å². The third-order valence-corrected chi connectivity index (χ3v) is 6.17. The van der Waals surface area contributed by atoms with E-state index in [2.05, 4.69) is 10.3 Å². The number of rotatable bonds is 8. The number of hydrogen-bond donors (Lipinski definition) is 3. The van der Waals surface area contributed by atoms with Crippen LogP contribution in [0.3, 0.4) is 0 Å². The largest absolute Gasteiger partial charge is 0.481 e. The zero-order valence-corrected chi connectivity index (χ0v) is 19.6. The number of anilines is 1. The number of hydrogen-bond acceptors (Lipinski definition) is 5. The van der Waals surface area contributed by atoms with Gasteiger partial charge in [-0.05, 0) is 35.2 Å². The van der Waals surface area contributed by atoms with Gasteiger partial charge in [0, 0.05) is 12.7 Å². The summed E-state index contributed by atoms with van der Waals surface area (Å²) >= 11 is 6.89. The lowest BCUT2D eigenvalue weighted by Gasteiger charge is -2.13. The molecular weight excluding hydrogens is 495 g/mol. The van der Waals surface area contributed by atoms with Crippen molar-refractivity contribution in [3.8, 4) is 0 Å². The number of carbonyl (C=O) groups is 2. The molecule has 1 unspecified atom stereocenters. The molecule has 0 saturated heterocycles. The predicted octanol–water partition coefficient (Wildman–Crippen LogP) is 5.23. The highest BCUT2D eigenvalue weighted by molar-refractivity contribution is 7.19. The summed E-state index contributed by atoms with van der Waals surface area (Å²) in [4.78, 5) is 28.0. The smallest absolute Gasteiger partial charge is 0.416 e. The van der Waals surface area contributed by atoms with E-state index in [1.165, 1.54) is 29.0 Å². The number of aliphatic carboxylic acids is 1. The van der Waals surface area contributed by atoms with Crippen molar-refractivity contribution in [1.82, 2.24) is 9.55 Å². The molecule has 0 saturated carbocycles. The van der Waals surface area contributed by atoms with Crippen molar-refractivity contribution in [2.75, 3.05) is 5.32 Å². The van der Waals surface area contributed by atoms with Crippen LogP contribution in [0, 0.1) is 5.92 Å². The maximum absolute atomic E-state index is 13.1. The minimum atomic E-state index is -4.51. The summed E-state index contributed by atoms with van der Waals surface area (Å²) in [6, 6.07) is 6.21. The first-order valence-corrected chi connectivity index (χ1v) is 11.3. The summed E-state index contributed by atoms with van der Waals surface area (Å²) in [5, 5.41) is 22.0. The van der Waals surface area contributed by atoms with Crippen molar-refractivity contribution >= 4 is 39.9 Å². The van der Waals surface area contributed by atoms with Crippen LogP contribution in [0.4, 0.5) is 18.3 Å². The Kier molecular flexibility index (Phi) is 7.69. The number of benzene rings is 1. The van der Waals surface area contributed by atoms with Crippen LogP contribution in [0.5, 0.6) is 0 Å². The van der Waals surface area contributed by atoms with E-state index in [9.17, 15) is 27.9 Å². The van der Waals surface area contributed by atoms with Gasteiger partial charge in [0.15, 0.2) is 5.13 Å². The second-order valence-corrected chi connectivity index (χ2v) is 9.54. The Morgan fingerprint density at radius 2 is 1.97 bits per heavy atom. The van der Waals surface area contributed by atoms with Gasteiger partial charge in [-0.1, -0.05) is 48.9 Å². The maximum Gasteiger partial charge on any atom is 0.416 e. The number of halogens is 4. The molecule has 34 heavy (non-hydrogen) atoms. The van der Waals surface area contributed by atoms with Gasteiger partial charge in [-0.25, -0.2) is 4.98 Å². The lowest BCUT2D eigenvalue weighted by molar-refractivity contribution is -0.138. The minimum absolute atomic E-state index is 0.0552. The van der Waals surface area contributed by atoms with Crippen LogP contribution in [0.2, 0.25) is 4.34 Å². The Morgan fingerprint density at radius 1 is 1.26 bits per heavy atom. The number of nitrogens with zero attached hydrogens (tertiary/aromatic N) is 2. The molecule has 1 atom stereocenters. The lowest BCUT2D eigenvalue weighted by atomic mass is 10.0. The molecule has 0 radical (unpaired) electrons. The summed E-state index contributed by atoms with van der Waals surface area (Å²) in [6.07, 6.45) is -4.30. The molecule has 0 spiro atoms. The number of thiazole rings is 1. The highest BCUT2D eigenvalue weighted by Crippen LogP contribution is 2.31. The molecule has 2 heterocycles. The molecule has 0 aliphatic rings. The third-order valence-electron chi connectivity index (χ3n) is 4.92. The first-order valence-electron chi connectivity index (χ1n) is 10.1. The lowest BCUT2D eigenvalue weighted by Crippen LogP contribution is -2.17. The molecule has 12 heteroatoms. The van der Waals surface area contributed by atoms with Gasteiger partial charge in [-0.3, -0.25) is 14.9 Å². The maximum atomic E-state index is 13.1. The molecule has 0 bridgehead atoms. The van der Waals surface area contributed by atoms with Gasteiger partial charge in [0.25, 0.3) is 5.91 Å². The zero-order valence-electron chi connectivity index (χ0n) is 18.1. The Balaban J connectivity index is 1.93. The summed E-state index contributed by atoms with van der Waals surface area (Å²) in [5.41, 5.74) is 0.110. The van der Waals surface area contributed by atoms with Crippen LogP contribution in [0.1, 0.15) is 52.8 Å². The van der Waals surface area contributed by atoms with Crippen molar-refractivity contribution in [2.24, 2.45) is 5.92 Å². The molecule has 1 amide bonds. The molecule has 3 aromatic rings. The van der Waals surface area contributed by atoms with E-state index in [0.717, 1.165) is 23.5 Å². The van der Waals surface area contributed by atoms with Gasteiger partial charge < -0.3 is 14.8 Å². The Bertz CT molecular complexity index is 1210. The van der Waals surface area contributed by atoms with Crippen molar-refractivity contribution in [2.45, 2.75) is 39.1 Å². The molecule has 182 valence electrons. The van der Waals surface area contributed by atoms with E-state index in [0.29, 0.717) is 11.1 Å².